The van der Waals surface area contributed by atoms with E-state index in [1.54, 1.807) is 4.90 Å². The van der Waals surface area contributed by atoms with Crippen molar-refractivity contribution in [3.63, 3.8) is 0 Å². The van der Waals surface area contributed by atoms with Crippen LogP contribution >= 0.6 is 0 Å². The maximum absolute atomic E-state index is 13.3. The zero-order chi connectivity index (χ0) is 33.7. The van der Waals surface area contributed by atoms with Crippen molar-refractivity contribution in [2.45, 2.75) is 70.8 Å². The second-order valence-electron chi connectivity index (χ2n) is 13.6. The van der Waals surface area contributed by atoms with E-state index in [9.17, 15) is 10.1 Å². The Kier molecular flexibility index (Phi) is 9.80. The maximum atomic E-state index is 13.3. The molecule has 3 aliphatic rings. The first kappa shape index (κ1) is 32.7. The van der Waals surface area contributed by atoms with E-state index in [4.69, 9.17) is 19.4 Å². The molecule has 0 saturated carbocycles. The second kappa shape index (κ2) is 14.7. The SMILES string of the molecule is CC(C)N1CCC[C@H]1COc1nc2c(c(N3CCN(C(=O)OCc4ccccc4)[C@@H](CC#N)C3)n1)CCN(c1cccc3ccccc13)C2. The van der Waals surface area contributed by atoms with E-state index in [0.717, 1.165) is 48.6 Å². The third-order valence-electron chi connectivity index (χ3n) is 10.2. The highest BCUT2D eigenvalue weighted by Gasteiger charge is 2.35. The van der Waals surface area contributed by atoms with Gasteiger partial charge in [0.15, 0.2) is 0 Å². The minimum Gasteiger partial charge on any atom is -0.462 e. The Hall–Kier alpha value is -4.88. The van der Waals surface area contributed by atoms with Crippen molar-refractivity contribution in [1.29, 1.82) is 5.26 Å². The maximum Gasteiger partial charge on any atom is 0.410 e. The van der Waals surface area contributed by atoms with Gasteiger partial charge in [-0.1, -0.05) is 66.7 Å². The summed E-state index contributed by atoms with van der Waals surface area (Å²) >= 11 is 0. The van der Waals surface area contributed by atoms with Gasteiger partial charge in [-0.25, -0.2) is 4.79 Å². The fourth-order valence-corrected chi connectivity index (χ4v) is 7.66. The molecule has 0 unspecified atom stereocenters. The molecule has 1 aromatic heterocycles. The lowest BCUT2D eigenvalue weighted by atomic mass is 10.0. The molecule has 0 radical (unpaired) electrons. The summed E-state index contributed by atoms with van der Waals surface area (Å²) in [5, 5.41) is 12.2. The lowest BCUT2D eigenvalue weighted by Gasteiger charge is -2.42. The van der Waals surface area contributed by atoms with Gasteiger partial charge in [0, 0.05) is 54.9 Å². The summed E-state index contributed by atoms with van der Waals surface area (Å²) in [4.78, 5) is 32.2. The van der Waals surface area contributed by atoms with Crippen molar-refractivity contribution in [3.05, 3.63) is 89.6 Å². The van der Waals surface area contributed by atoms with Crippen LogP contribution in [0, 0.1) is 11.3 Å². The van der Waals surface area contributed by atoms with Crippen LogP contribution in [-0.4, -0.2) is 83.3 Å². The molecule has 2 saturated heterocycles. The van der Waals surface area contributed by atoms with Gasteiger partial charge < -0.3 is 24.2 Å². The Morgan fingerprint density at radius 1 is 0.939 bits per heavy atom. The first-order valence-corrected chi connectivity index (χ1v) is 17.6. The zero-order valence-corrected chi connectivity index (χ0v) is 28.5. The van der Waals surface area contributed by atoms with Gasteiger partial charge in [-0.3, -0.25) is 4.90 Å². The number of likely N-dealkylation sites (tertiary alicyclic amines) is 1. The number of nitrogens with zero attached hydrogens (tertiary/aromatic N) is 7. The molecule has 10 heteroatoms. The normalized spacial score (nSPS) is 19.6. The third kappa shape index (κ3) is 7.13. The van der Waals surface area contributed by atoms with E-state index < -0.39 is 6.09 Å². The number of anilines is 2. The van der Waals surface area contributed by atoms with Crippen molar-refractivity contribution in [3.8, 4) is 12.1 Å². The molecule has 2 atom stereocenters. The molecular weight excluding hydrogens is 614 g/mol. The number of amides is 1. The highest BCUT2D eigenvalue weighted by molar-refractivity contribution is 5.94. The molecule has 0 aliphatic carbocycles. The number of fused-ring (bicyclic) bond motifs is 2. The molecule has 0 N–H and O–H groups in total. The van der Waals surface area contributed by atoms with Crippen LogP contribution in [0.4, 0.5) is 16.3 Å². The average Bonchev–Trinajstić information content (AvgIpc) is 3.62. The van der Waals surface area contributed by atoms with Crippen molar-refractivity contribution in [2.75, 3.05) is 49.1 Å². The largest absolute Gasteiger partial charge is 0.462 e. The summed E-state index contributed by atoms with van der Waals surface area (Å²) in [5.74, 6) is 0.852. The van der Waals surface area contributed by atoms with Gasteiger partial charge in [0.1, 0.15) is 19.0 Å². The molecule has 4 heterocycles. The van der Waals surface area contributed by atoms with Crippen LogP contribution in [0.3, 0.4) is 0 Å². The van der Waals surface area contributed by atoms with Crippen molar-refractivity contribution in [2.24, 2.45) is 0 Å². The number of nitriles is 1. The van der Waals surface area contributed by atoms with Gasteiger partial charge in [-0.2, -0.15) is 15.2 Å². The molecule has 49 heavy (non-hydrogen) atoms. The lowest BCUT2D eigenvalue weighted by Crippen LogP contribution is -2.55. The molecule has 254 valence electrons. The lowest BCUT2D eigenvalue weighted by molar-refractivity contribution is 0.0767. The first-order chi connectivity index (χ1) is 24.0. The van der Waals surface area contributed by atoms with Crippen LogP contribution in [0.15, 0.2) is 72.8 Å². The van der Waals surface area contributed by atoms with Crippen LogP contribution in [0.1, 0.15) is 49.9 Å². The summed E-state index contributed by atoms with van der Waals surface area (Å²) in [6.07, 6.45) is 2.86. The Morgan fingerprint density at radius 3 is 2.59 bits per heavy atom. The number of hydrogen-bond donors (Lipinski definition) is 0. The predicted molar refractivity (Wildman–Crippen MR) is 191 cm³/mol. The molecule has 3 aromatic carbocycles. The summed E-state index contributed by atoms with van der Waals surface area (Å²) in [5.41, 5.74) is 4.21. The van der Waals surface area contributed by atoms with Gasteiger partial charge in [0.2, 0.25) is 0 Å². The number of rotatable bonds is 9. The highest BCUT2D eigenvalue weighted by Crippen LogP contribution is 2.35. The van der Waals surface area contributed by atoms with Crippen LogP contribution in [0.5, 0.6) is 6.01 Å². The topological polar surface area (TPSA) is 98.1 Å². The number of hydrogen-bond acceptors (Lipinski definition) is 9. The number of carbonyl (C=O) groups excluding carboxylic acids is 1. The minimum absolute atomic E-state index is 0.196. The van der Waals surface area contributed by atoms with Crippen LogP contribution in [0.25, 0.3) is 10.8 Å². The summed E-state index contributed by atoms with van der Waals surface area (Å²) < 4.78 is 12.1. The van der Waals surface area contributed by atoms with Gasteiger partial charge in [0.05, 0.1) is 30.8 Å². The Morgan fingerprint density at radius 2 is 1.76 bits per heavy atom. The molecule has 10 nitrogen and oxygen atoms in total. The van der Waals surface area contributed by atoms with Crippen LogP contribution in [-0.2, 0) is 24.3 Å². The molecular formula is C39H45N7O3. The van der Waals surface area contributed by atoms with Gasteiger partial charge in [-0.15, -0.1) is 0 Å². The second-order valence-corrected chi connectivity index (χ2v) is 13.6. The number of ether oxygens (including phenoxy) is 2. The monoisotopic (exact) mass is 659 g/mol. The molecule has 4 aromatic rings. The van der Waals surface area contributed by atoms with Gasteiger partial charge >= 0.3 is 12.1 Å². The van der Waals surface area contributed by atoms with E-state index in [0.29, 0.717) is 50.9 Å². The standard InChI is InChI=1S/C39H45N7O3/c1-28(2)45-20-9-14-32(45)27-48-38-41-35-25-43(36-16-8-13-30-12-6-7-15-33(30)36)21-18-34(35)37(42-38)44-22-23-46(31(24-44)17-19-40)39(47)49-26-29-10-4-3-5-11-29/h3-8,10-13,15-16,28,31-32H,9,14,17-18,20-27H2,1-2H3/t31-,32-/m0/s1. The van der Waals surface area contributed by atoms with Crippen molar-refractivity contribution < 1.29 is 14.3 Å². The molecule has 0 bridgehead atoms. The third-order valence-corrected chi connectivity index (χ3v) is 10.2. The Bertz CT molecular complexity index is 1800. The zero-order valence-electron chi connectivity index (χ0n) is 28.5. The van der Waals surface area contributed by atoms with Gasteiger partial charge in [0.25, 0.3) is 0 Å². The van der Waals surface area contributed by atoms with Crippen LogP contribution in [0.2, 0.25) is 0 Å². The highest BCUT2D eigenvalue weighted by atomic mass is 16.6. The smallest absolute Gasteiger partial charge is 0.410 e. The van der Waals surface area contributed by atoms with Gasteiger partial charge in [-0.05, 0) is 56.7 Å². The van der Waals surface area contributed by atoms with E-state index in [1.807, 2.05) is 30.3 Å². The fraction of sp³-hybridized carbons (Fsp3) is 0.436. The van der Waals surface area contributed by atoms with E-state index in [1.165, 1.54) is 22.9 Å². The Labute approximate surface area is 288 Å². The summed E-state index contributed by atoms with van der Waals surface area (Å²) in [6.45, 7) is 9.26. The number of benzene rings is 3. The van der Waals surface area contributed by atoms with Crippen LogP contribution < -0.4 is 14.5 Å². The van der Waals surface area contributed by atoms with Crippen molar-refractivity contribution >= 4 is 28.4 Å². The number of piperazine rings is 1. The molecule has 1 amide bonds. The quantitative estimate of drug-likeness (QED) is 0.209. The Balaban J connectivity index is 1.15. The number of carbonyl (C=O) groups is 1. The first-order valence-electron chi connectivity index (χ1n) is 17.6. The average molecular weight is 660 g/mol. The summed E-state index contributed by atoms with van der Waals surface area (Å²) in [7, 11) is 0. The fourth-order valence-electron chi connectivity index (χ4n) is 7.66. The summed E-state index contributed by atoms with van der Waals surface area (Å²) in [6, 6.07) is 27.8. The van der Waals surface area contributed by atoms with E-state index in [2.05, 4.69) is 77.1 Å². The molecule has 0 spiro atoms. The number of aromatic nitrogens is 2. The predicted octanol–water partition coefficient (Wildman–Crippen LogP) is 6.19. The van der Waals surface area contributed by atoms with Crippen molar-refractivity contribution in [1.82, 2.24) is 19.8 Å². The van der Waals surface area contributed by atoms with E-state index >= 15 is 0 Å². The molecule has 7 rings (SSSR count). The molecule has 2 fully saturated rings. The molecule has 3 aliphatic heterocycles. The van der Waals surface area contributed by atoms with E-state index in [-0.39, 0.29) is 19.1 Å². The minimum atomic E-state index is -0.394.